The largest absolute Gasteiger partial charge is 0.304 e. The summed E-state index contributed by atoms with van der Waals surface area (Å²) >= 11 is 0. The molecule has 0 aromatic heterocycles. The van der Waals surface area contributed by atoms with Gasteiger partial charge in [-0.3, -0.25) is 0 Å². The third kappa shape index (κ3) is 2.24. The number of hydrogen-bond donors (Lipinski definition) is 1. The normalized spacial score (nSPS) is 22.5. The topological polar surface area (TPSA) is 12.0 Å². The van der Waals surface area contributed by atoms with Gasteiger partial charge in [-0.2, -0.15) is 0 Å². The highest BCUT2D eigenvalue weighted by molar-refractivity contribution is 5.19. The predicted octanol–water partition coefficient (Wildman–Crippen LogP) is 3.06. The van der Waals surface area contributed by atoms with Gasteiger partial charge in [-0.1, -0.05) is 42.5 Å². The first-order valence-electron chi connectivity index (χ1n) is 5.34. The van der Waals surface area contributed by atoms with E-state index in [1.165, 1.54) is 18.4 Å². The first-order chi connectivity index (χ1) is 6.86. The summed E-state index contributed by atoms with van der Waals surface area (Å²) in [6, 6.07) is 11.6. The number of benzene rings is 1. The standard InChI is InChI=1S/C13H17N/c1-11(12-7-3-2-4-8-12)14-13-9-5-6-10-13/h2-5,7-9,11,13-14H,6,10H2,1H3/t11-,13-/m1/s1. The number of hydrogen-bond acceptors (Lipinski definition) is 1. The Morgan fingerprint density at radius 1 is 1.29 bits per heavy atom. The lowest BCUT2D eigenvalue weighted by atomic mass is 10.1. The van der Waals surface area contributed by atoms with Crippen molar-refractivity contribution in [2.24, 2.45) is 0 Å². The molecule has 0 bridgehead atoms. The van der Waals surface area contributed by atoms with Crippen LogP contribution < -0.4 is 5.32 Å². The van der Waals surface area contributed by atoms with E-state index >= 15 is 0 Å². The van der Waals surface area contributed by atoms with Crippen molar-refractivity contribution in [1.29, 1.82) is 0 Å². The second kappa shape index (κ2) is 4.43. The molecule has 1 heteroatoms. The van der Waals surface area contributed by atoms with Crippen molar-refractivity contribution in [2.75, 3.05) is 0 Å². The quantitative estimate of drug-likeness (QED) is 0.717. The lowest BCUT2D eigenvalue weighted by Gasteiger charge is -2.18. The van der Waals surface area contributed by atoms with Crippen LogP contribution >= 0.6 is 0 Å². The van der Waals surface area contributed by atoms with Gasteiger partial charge in [-0.25, -0.2) is 0 Å². The summed E-state index contributed by atoms with van der Waals surface area (Å²) < 4.78 is 0. The molecule has 1 N–H and O–H groups in total. The van der Waals surface area contributed by atoms with E-state index in [0.717, 1.165) is 0 Å². The molecule has 2 atom stereocenters. The molecule has 14 heavy (non-hydrogen) atoms. The molecule has 0 aliphatic heterocycles. The van der Waals surface area contributed by atoms with Gasteiger partial charge in [0.05, 0.1) is 0 Å². The number of allylic oxidation sites excluding steroid dienone is 1. The van der Waals surface area contributed by atoms with Gasteiger partial charge in [0.2, 0.25) is 0 Å². The molecule has 1 nitrogen and oxygen atoms in total. The SMILES string of the molecule is C[C@@H](N[C@@H]1C=CCC1)c1ccccc1. The summed E-state index contributed by atoms with van der Waals surface area (Å²) in [6.07, 6.45) is 7.01. The van der Waals surface area contributed by atoms with Crippen molar-refractivity contribution in [1.82, 2.24) is 5.32 Å². The molecule has 0 saturated heterocycles. The highest BCUT2D eigenvalue weighted by atomic mass is 14.9. The van der Waals surface area contributed by atoms with Gasteiger partial charge in [0.15, 0.2) is 0 Å². The second-order valence-corrected chi connectivity index (χ2v) is 3.91. The third-order valence-corrected chi connectivity index (χ3v) is 2.78. The van der Waals surface area contributed by atoms with Crippen LogP contribution in [-0.4, -0.2) is 6.04 Å². The Bertz CT molecular complexity index is 302. The Morgan fingerprint density at radius 2 is 2.07 bits per heavy atom. The van der Waals surface area contributed by atoms with Gasteiger partial charge < -0.3 is 5.32 Å². The second-order valence-electron chi connectivity index (χ2n) is 3.91. The zero-order chi connectivity index (χ0) is 9.80. The van der Waals surface area contributed by atoms with Crippen LogP contribution in [0.1, 0.15) is 31.4 Å². The Morgan fingerprint density at radius 3 is 2.71 bits per heavy atom. The molecule has 1 aromatic rings. The minimum Gasteiger partial charge on any atom is -0.304 e. The molecule has 0 fully saturated rings. The summed E-state index contributed by atoms with van der Waals surface area (Å²) in [5.41, 5.74) is 1.37. The fraction of sp³-hybridized carbons (Fsp3) is 0.385. The van der Waals surface area contributed by atoms with Gasteiger partial charge in [0.1, 0.15) is 0 Å². The van der Waals surface area contributed by atoms with E-state index in [4.69, 9.17) is 0 Å². The summed E-state index contributed by atoms with van der Waals surface area (Å²) in [7, 11) is 0. The van der Waals surface area contributed by atoms with Crippen molar-refractivity contribution < 1.29 is 0 Å². The zero-order valence-corrected chi connectivity index (χ0v) is 8.61. The molecule has 0 unspecified atom stereocenters. The van der Waals surface area contributed by atoms with Crippen LogP contribution in [0.15, 0.2) is 42.5 Å². The highest BCUT2D eigenvalue weighted by Gasteiger charge is 2.12. The van der Waals surface area contributed by atoms with E-state index in [1.54, 1.807) is 0 Å². The van der Waals surface area contributed by atoms with E-state index in [-0.39, 0.29) is 0 Å². The minimum absolute atomic E-state index is 0.448. The lowest BCUT2D eigenvalue weighted by Crippen LogP contribution is -2.28. The van der Waals surface area contributed by atoms with E-state index in [0.29, 0.717) is 12.1 Å². The first kappa shape index (κ1) is 9.47. The third-order valence-electron chi connectivity index (χ3n) is 2.78. The maximum absolute atomic E-state index is 3.61. The maximum Gasteiger partial charge on any atom is 0.0297 e. The predicted molar refractivity (Wildman–Crippen MR) is 60.2 cm³/mol. The van der Waals surface area contributed by atoms with Gasteiger partial charge in [0.25, 0.3) is 0 Å². The summed E-state index contributed by atoms with van der Waals surface area (Å²) in [6.45, 7) is 2.22. The van der Waals surface area contributed by atoms with Crippen LogP contribution in [-0.2, 0) is 0 Å². The molecular weight excluding hydrogens is 170 g/mol. The van der Waals surface area contributed by atoms with Crippen LogP contribution in [0, 0.1) is 0 Å². The zero-order valence-electron chi connectivity index (χ0n) is 8.61. The molecular formula is C13H17N. The van der Waals surface area contributed by atoms with E-state index in [9.17, 15) is 0 Å². The molecule has 74 valence electrons. The Hall–Kier alpha value is -1.08. The minimum atomic E-state index is 0.448. The molecule has 0 spiro atoms. The molecule has 0 amide bonds. The monoisotopic (exact) mass is 187 g/mol. The molecule has 1 aromatic carbocycles. The summed E-state index contributed by atoms with van der Waals surface area (Å²) in [5, 5.41) is 3.61. The van der Waals surface area contributed by atoms with Gasteiger partial charge >= 0.3 is 0 Å². The fourth-order valence-electron chi connectivity index (χ4n) is 1.93. The van der Waals surface area contributed by atoms with Crippen molar-refractivity contribution in [3.63, 3.8) is 0 Å². The maximum atomic E-state index is 3.61. The average Bonchev–Trinajstić information content (AvgIpc) is 2.72. The first-order valence-corrected chi connectivity index (χ1v) is 5.34. The van der Waals surface area contributed by atoms with Gasteiger partial charge in [-0.15, -0.1) is 0 Å². The number of rotatable bonds is 3. The fourth-order valence-corrected chi connectivity index (χ4v) is 1.93. The van der Waals surface area contributed by atoms with Crippen LogP contribution in [0.5, 0.6) is 0 Å². The van der Waals surface area contributed by atoms with E-state index in [2.05, 4.69) is 54.7 Å². The van der Waals surface area contributed by atoms with Crippen molar-refractivity contribution in [3.05, 3.63) is 48.0 Å². The van der Waals surface area contributed by atoms with Crippen molar-refractivity contribution in [3.8, 4) is 0 Å². The Labute approximate surface area is 85.8 Å². The van der Waals surface area contributed by atoms with E-state index < -0.39 is 0 Å². The Balaban J connectivity index is 1.95. The smallest absolute Gasteiger partial charge is 0.0297 e. The average molecular weight is 187 g/mol. The highest BCUT2D eigenvalue weighted by Crippen LogP contribution is 2.16. The van der Waals surface area contributed by atoms with E-state index in [1.807, 2.05) is 0 Å². The van der Waals surface area contributed by atoms with Crippen LogP contribution in [0.2, 0.25) is 0 Å². The van der Waals surface area contributed by atoms with Gasteiger partial charge in [-0.05, 0) is 25.3 Å². The van der Waals surface area contributed by atoms with Crippen LogP contribution in [0.3, 0.4) is 0 Å². The van der Waals surface area contributed by atoms with Gasteiger partial charge in [0, 0.05) is 12.1 Å². The van der Waals surface area contributed by atoms with Crippen LogP contribution in [0.4, 0.5) is 0 Å². The van der Waals surface area contributed by atoms with Crippen LogP contribution in [0.25, 0.3) is 0 Å². The molecule has 1 aliphatic rings. The molecule has 0 saturated carbocycles. The summed E-state index contributed by atoms with van der Waals surface area (Å²) in [5.74, 6) is 0. The molecule has 2 rings (SSSR count). The molecule has 1 aliphatic carbocycles. The number of nitrogens with one attached hydrogen (secondary N) is 1. The lowest BCUT2D eigenvalue weighted by molar-refractivity contribution is 0.505. The Kier molecular flexibility index (Phi) is 3.00. The van der Waals surface area contributed by atoms with Crippen molar-refractivity contribution in [2.45, 2.75) is 31.8 Å². The van der Waals surface area contributed by atoms with Crippen molar-refractivity contribution >= 4 is 0 Å². The summed E-state index contributed by atoms with van der Waals surface area (Å²) in [4.78, 5) is 0. The molecule has 0 heterocycles. The molecule has 0 radical (unpaired) electrons.